The van der Waals surface area contributed by atoms with Gasteiger partial charge < -0.3 is 5.32 Å². The lowest BCUT2D eigenvalue weighted by Gasteiger charge is -2.31. The second kappa shape index (κ2) is 12.0. The second-order valence-corrected chi connectivity index (χ2v) is 14.2. The molecule has 0 spiro atoms. The van der Waals surface area contributed by atoms with Gasteiger partial charge >= 0.3 is 0 Å². The average Bonchev–Trinajstić information content (AvgIpc) is 2.88. The number of nitrogens with zero attached hydrogens (tertiary/aromatic N) is 1. The van der Waals surface area contributed by atoms with Gasteiger partial charge in [-0.2, -0.15) is 0 Å². The van der Waals surface area contributed by atoms with Crippen molar-refractivity contribution in [3.63, 3.8) is 0 Å². The Bertz CT molecular complexity index is 1600. The van der Waals surface area contributed by atoms with Crippen molar-refractivity contribution in [1.82, 2.24) is 4.31 Å². The standard InChI is InChI=1S/C26H26Cl3N3O5S2/c1-17-4-7-22(14-24(17)28)31-39(36,37)23-10-8-21(9-11-23)30-26(33)18-3-2-12-32(15-18)38(34,35)16-19-5-6-20(27)13-25(19)29/h4-11,13-14,18,31H,2-3,12,15-16H2,1H3,(H,30,33)/t18-/m1/s1. The van der Waals surface area contributed by atoms with Gasteiger partial charge in [-0.25, -0.2) is 21.1 Å². The third-order valence-corrected chi connectivity index (χ3v) is 10.5. The second-order valence-electron chi connectivity index (χ2n) is 9.27. The number of benzene rings is 3. The van der Waals surface area contributed by atoms with Gasteiger partial charge in [-0.3, -0.25) is 9.52 Å². The Labute approximate surface area is 243 Å². The van der Waals surface area contributed by atoms with Crippen LogP contribution >= 0.6 is 34.8 Å². The molecule has 1 aliphatic heterocycles. The van der Waals surface area contributed by atoms with Crippen molar-refractivity contribution in [3.05, 3.63) is 86.9 Å². The summed E-state index contributed by atoms with van der Waals surface area (Å²) in [7, 11) is -7.60. The molecule has 1 aliphatic rings. The van der Waals surface area contributed by atoms with Gasteiger partial charge in [-0.15, -0.1) is 0 Å². The number of anilines is 2. The summed E-state index contributed by atoms with van der Waals surface area (Å²) in [6, 6.07) is 15.2. The number of sulfonamides is 2. The van der Waals surface area contributed by atoms with Crippen LogP contribution in [0, 0.1) is 12.8 Å². The number of piperidine rings is 1. The lowest BCUT2D eigenvalue weighted by molar-refractivity contribution is -0.120. The van der Waals surface area contributed by atoms with E-state index < -0.39 is 26.0 Å². The number of hydrogen-bond acceptors (Lipinski definition) is 5. The summed E-state index contributed by atoms with van der Waals surface area (Å²) in [4.78, 5) is 13.0. The normalized spacial score (nSPS) is 16.6. The molecule has 1 amide bonds. The molecule has 4 rings (SSSR count). The van der Waals surface area contributed by atoms with Crippen LogP contribution in [-0.4, -0.2) is 40.1 Å². The molecule has 1 fully saturated rings. The van der Waals surface area contributed by atoms with E-state index in [2.05, 4.69) is 10.0 Å². The van der Waals surface area contributed by atoms with Crippen molar-refractivity contribution in [2.45, 2.75) is 30.4 Å². The fraction of sp³-hybridized carbons (Fsp3) is 0.269. The highest BCUT2D eigenvalue weighted by atomic mass is 35.5. The van der Waals surface area contributed by atoms with Crippen molar-refractivity contribution in [2.24, 2.45) is 5.92 Å². The molecule has 2 N–H and O–H groups in total. The molecule has 3 aromatic carbocycles. The summed E-state index contributed by atoms with van der Waals surface area (Å²) >= 11 is 18.1. The molecule has 13 heteroatoms. The minimum Gasteiger partial charge on any atom is -0.326 e. The summed E-state index contributed by atoms with van der Waals surface area (Å²) in [5.41, 5.74) is 1.98. The zero-order chi connectivity index (χ0) is 28.4. The topological polar surface area (TPSA) is 113 Å². The van der Waals surface area contributed by atoms with Crippen LogP contribution in [0.1, 0.15) is 24.0 Å². The molecule has 1 atom stereocenters. The van der Waals surface area contributed by atoms with Crippen molar-refractivity contribution >= 4 is 72.1 Å². The number of carbonyl (C=O) groups excluding carboxylic acids is 1. The van der Waals surface area contributed by atoms with E-state index in [0.29, 0.717) is 46.4 Å². The molecule has 39 heavy (non-hydrogen) atoms. The summed E-state index contributed by atoms with van der Waals surface area (Å²) in [5, 5.41) is 3.88. The van der Waals surface area contributed by atoms with Gasteiger partial charge in [0.15, 0.2) is 0 Å². The van der Waals surface area contributed by atoms with Gasteiger partial charge in [0, 0.05) is 33.8 Å². The first kappa shape index (κ1) is 29.6. The Kier molecular flexibility index (Phi) is 9.15. The van der Waals surface area contributed by atoms with E-state index in [-0.39, 0.29) is 28.1 Å². The summed E-state index contributed by atoms with van der Waals surface area (Å²) in [5.74, 6) is -1.20. The number of aryl methyl sites for hydroxylation is 1. The van der Waals surface area contributed by atoms with E-state index in [1.165, 1.54) is 40.7 Å². The van der Waals surface area contributed by atoms with Crippen LogP contribution in [-0.2, 0) is 30.6 Å². The van der Waals surface area contributed by atoms with Gasteiger partial charge in [-0.05, 0) is 79.4 Å². The molecule has 0 saturated carbocycles. The monoisotopic (exact) mass is 629 g/mol. The maximum absolute atomic E-state index is 13.0. The van der Waals surface area contributed by atoms with Crippen LogP contribution in [0.4, 0.5) is 11.4 Å². The Morgan fingerprint density at radius 3 is 2.28 bits per heavy atom. The molecular weight excluding hydrogens is 605 g/mol. The van der Waals surface area contributed by atoms with Gasteiger partial charge in [0.05, 0.1) is 22.3 Å². The summed E-state index contributed by atoms with van der Waals surface area (Å²) in [6.07, 6.45) is 1.05. The summed E-state index contributed by atoms with van der Waals surface area (Å²) < 4.78 is 55.4. The number of halogens is 3. The Morgan fingerprint density at radius 2 is 1.62 bits per heavy atom. The molecule has 8 nitrogen and oxygen atoms in total. The van der Waals surface area contributed by atoms with Crippen molar-refractivity contribution < 1.29 is 21.6 Å². The van der Waals surface area contributed by atoms with Crippen LogP contribution in [0.3, 0.4) is 0 Å². The maximum atomic E-state index is 13.0. The lowest BCUT2D eigenvalue weighted by Crippen LogP contribution is -2.44. The van der Waals surface area contributed by atoms with Crippen LogP contribution < -0.4 is 10.0 Å². The minimum absolute atomic E-state index is 0.00740. The molecule has 0 aliphatic carbocycles. The molecule has 0 bridgehead atoms. The molecule has 0 radical (unpaired) electrons. The largest absolute Gasteiger partial charge is 0.326 e. The number of amides is 1. The van der Waals surface area contributed by atoms with E-state index in [1.807, 2.05) is 6.92 Å². The molecular formula is C26H26Cl3N3O5S2. The fourth-order valence-electron chi connectivity index (χ4n) is 4.17. The Hall–Kier alpha value is -2.34. The molecule has 0 unspecified atom stereocenters. The Balaban J connectivity index is 1.39. The summed E-state index contributed by atoms with van der Waals surface area (Å²) in [6.45, 7) is 2.16. The first-order valence-corrected chi connectivity index (χ1v) is 16.2. The van der Waals surface area contributed by atoms with E-state index in [4.69, 9.17) is 34.8 Å². The van der Waals surface area contributed by atoms with Crippen LogP contribution in [0.5, 0.6) is 0 Å². The van der Waals surface area contributed by atoms with Gasteiger partial charge in [0.2, 0.25) is 15.9 Å². The van der Waals surface area contributed by atoms with Gasteiger partial charge in [-0.1, -0.05) is 46.9 Å². The van der Waals surface area contributed by atoms with Crippen molar-refractivity contribution in [3.8, 4) is 0 Å². The van der Waals surface area contributed by atoms with E-state index in [0.717, 1.165) is 5.56 Å². The van der Waals surface area contributed by atoms with Crippen LogP contribution in [0.25, 0.3) is 0 Å². The highest BCUT2D eigenvalue weighted by Crippen LogP contribution is 2.27. The number of rotatable bonds is 8. The van der Waals surface area contributed by atoms with E-state index in [1.54, 1.807) is 24.3 Å². The van der Waals surface area contributed by atoms with Crippen LogP contribution in [0.2, 0.25) is 15.1 Å². The zero-order valence-electron chi connectivity index (χ0n) is 20.8. The molecule has 1 heterocycles. The highest BCUT2D eigenvalue weighted by Gasteiger charge is 2.33. The van der Waals surface area contributed by atoms with E-state index >= 15 is 0 Å². The van der Waals surface area contributed by atoms with Gasteiger partial charge in [0.1, 0.15) is 0 Å². The average molecular weight is 631 g/mol. The van der Waals surface area contributed by atoms with Crippen molar-refractivity contribution in [1.29, 1.82) is 0 Å². The Morgan fingerprint density at radius 1 is 0.923 bits per heavy atom. The zero-order valence-corrected chi connectivity index (χ0v) is 24.7. The predicted molar refractivity (Wildman–Crippen MR) is 155 cm³/mol. The van der Waals surface area contributed by atoms with Crippen LogP contribution in [0.15, 0.2) is 65.6 Å². The molecule has 0 aromatic heterocycles. The maximum Gasteiger partial charge on any atom is 0.261 e. The minimum atomic E-state index is -3.88. The fourth-order valence-corrected chi connectivity index (χ4v) is 7.59. The highest BCUT2D eigenvalue weighted by molar-refractivity contribution is 7.92. The predicted octanol–water partition coefficient (Wildman–Crippen LogP) is 5.94. The molecule has 208 valence electrons. The first-order valence-electron chi connectivity index (χ1n) is 12.0. The smallest absolute Gasteiger partial charge is 0.261 e. The number of carbonyl (C=O) groups is 1. The molecule has 3 aromatic rings. The first-order chi connectivity index (χ1) is 18.3. The lowest BCUT2D eigenvalue weighted by atomic mass is 9.99. The third-order valence-electron chi connectivity index (χ3n) is 6.36. The SMILES string of the molecule is Cc1ccc(NS(=O)(=O)c2ccc(NC(=O)[C@@H]3CCCN(S(=O)(=O)Cc4ccc(Cl)cc4Cl)C3)cc2)cc1Cl. The van der Waals surface area contributed by atoms with E-state index in [9.17, 15) is 21.6 Å². The number of nitrogens with one attached hydrogen (secondary N) is 2. The quantitative estimate of drug-likeness (QED) is 0.320. The van der Waals surface area contributed by atoms with Gasteiger partial charge in [0.25, 0.3) is 10.0 Å². The number of hydrogen-bond donors (Lipinski definition) is 2. The third kappa shape index (κ3) is 7.45. The van der Waals surface area contributed by atoms with Crippen molar-refractivity contribution in [2.75, 3.05) is 23.1 Å². The molecule has 1 saturated heterocycles.